The summed E-state index contributed by atoms with van der Waals surface area (Å²) in [5.41, 5.74) is 0. The lowest BCUT2D eigenvalue weighted by atomic mass is 10.3. The summed E-state index contributed by atoms with van der Waals surface area (Å²) in [6.07, 6.45) is 0.446. The average Bonchev–Trinajstić information content (AvgIpc) is 2.14. The van der Waals surface area contributed by atoms with E-state index in [2.05, 4.69) is 0 Å². The van der Waals surface area contributed by atoms with E-state index in [0.29, 0.717) is 6.42 Å². The summed E-state index contributed by atoms with van der Waals surface area (Å²) < 4.78 is 11.5. The number of hydrogen-bond donors (Lipinski definition) is 1. The van der Waals surface area contributed by atoms with E-state index < -0.39 is 22.0 Å². The number of carboxylic acid groups (broad SMARTS) is 1. The summed E-state index contributed by atoms with van der Waals surface area (Å²) in [5, 5.41) is 7.87. The Morgan fingerprint density at radius 1 is 1.40 bits per heavy atom. The first kappa shape index (κ1) is 14.1. The van der Waals surface area contributed by atoms with E-state index in [9.17, 15) is 13.8 Å². The van der Waals surface area contributed by atoms with Crippen molar-refractivity contribution in [2.24, 2.45) is 0 Å². The first-order chi connectivity index (χ1) is 6.90. The van der Waals surface area contributed by atoms with Gasteiger partial charge in [0.15, 0.2) is 0 Å². The van der Waals surface area contributed by atoms with Gasteiger partial charge in [-0.2, -0.15) is 0 Å². The Kier molecular flexibility index (Phi) is 6.15. The predicted molar refractivity (Wildman–Crippen MR) is 58.0 cm³/mol. The molecule has 1 N–H and O–H groups in total. The number of amides is 1. The Bertz CT molecular complexity index is 265. The summed E-state index contributed by atoms with van der Waals surface area (Å²) in [6.45, 7) is 1.67. The topological polar surface area (TPSA) is 74.7 Å². The summed E-state index contributed by atoms with van der Waals surface area (Å²) in [6, 6.07) is 0. The molecule has 0 aliphatic carbocycles. The number of aliphatic carboxylic acids is 1. The molecule has 6 heteroatoms. The van der Waals surface area contributed by atoms with Crippen LogP contribution in [0.25, 0.3) is 0 Å². The van der Waals surface area contributed by atoms with Gasteiger partial charge in [0, 0.05) is 37.1 Å². The highest BCUT2D eigenvalue weighted by Gasteiger charge is 2.22. The van der Waals surface area contributed by atoms with E-state index in [1.807, 2.05) is 0 Å². The van der Waals surface area contributed by atoms with Crippen molar-refractivity contribution in [3.63, 3.8) is 0 Å². The maximum atomic E-state index is 11.5. The highest BCUT2D eigenvalue weighted by Crippen LogP contribution is 2.04. The van der Waals surface area contributed by atoms with Crippen molar-refractivity contribution in [3.05, 3.63) is 0 Å². The van der Waals surface area contributed by atoms with Gasteiger partial charge in [-0.15, -0.1) is 0 Å². The maximum absolute atomic E-state index is 11.5. The molecule has 0 rings (SSSR count). The van der Waals surface area contributed by atoms with Crippen molar-refractivity contribution in [2.45, 2.75) is 25.0 Å². The molecule has 0 heterocycles. The minimum atomic E-state index is -1.47. The monoisotopic (exact) mass is 235 g/mol. The van der Waals surface area contributed by atoms with Crippen LogP contribution in [-0.4, -0.2) is 51.2 Å². The molecular weight excluding hydrogens is 218 g/mol. The first-order valence-corrected chi connectivity index (χ1v) is 6.08. The number of carboxylic acids is 1. The Morgan fingerprint density at radius 2 is 1.93 bits per heavy atom. The molecule has 88 valence electrons. The molecule has 0 fully saturated rings. The number of nitrogens with zero attached hydrogens (tertiary/aromatic N) is 1. The van der Waals surface area contributed by atoms with Crippen LogP contribution in [0.3, 0.4) is 0 Å². The van der Waals surface area contributed by atoms with Gasteiger partial charge in [-0.3, -0.25) is 13.8 Å². The summed E-state index contributed by atoms with van der Waals surface area (Å²) in [4.78, 5) is 23.2. The Hall–Kier alpha value is -0.910. The van der Waals surface area contributed by atoms with E-state index in [4.69, 9.17) is 5.11 Å². The lowest BCUT2D eigenvalue weighted by Gasteiger charge is -2.12. The van der Waals surface area contributed by atoms with E-state index >= 15 is 0 Å². The third-order valence-corrected chi connectivity index (χ3v) is 3.76. The van der Waals surface area contributed by atoms with Crippen LogP contribution in [0.1, 0.15) is 19.8 Å². The molecule has 0 radical (unpaired) electrons. The largest absolute Gasteiger partial charge is 0.480 e. The SMILES string of the molecule is CCC(C(=O)O)S(=O)CCC(=O)N(C)C. The second kappa shape index (κ2) is 6.55. The van der Waals surface area contributed by atoms with Crippen molar-refractivity contribution in [3.8, 4) is 0 Å². The second-order valence-corrected chi connectivity index (χ2v) is 5.10. The van der Waals surface area contributed by atoms with Crippen LogP contribution < -0.4 is 0 Å². The van der Waals surface area contributed by atoms with Crippen molar-refractivity contribution < 1.29 is 18.9 Å². The molecule has 1 amide bonds. The first-order valence-electron chi connectivity index (χ1n) is 4.70. The standard InChI is InChI=1S/C9H17NO4S/c1-4-7(9(12)13)15(14)6-5-8(11)10(2)3/h7H,4-6H2,1-3H3,(H,12,13). The molecule has 0 saturated heterocycles. The lowest BCUT2D eigenvalue weighted by molar-refractivity contribution is -0.136. The van der Waals surface area contributed by atoms with Gasteiger partial charge in [0.1, 0.15) is 5.25 Å². The number of carbonyl (C=O) groups is 2. The van der Waals surface area contributed by atoms with Crippen LogP contribution >= 0.6 is 0 Å². The molecule has 0 spiro atoms. The van der Waals surface area contributed by atoms with Crippen molar-refractivity contribution in [1.29, 1.82) is 0 Å². The minimum absolute atomic E-state index is 0.113. The van der Waals surface area contributed by atoms with Gasteiger partial charge in [-0.05, 0) is 6.42 Å². The van der Waals surface area contributed by atoms with Crippen molar-refractivity contribution in [1.82, 2.24) is 4.90 Å². The van der Waals surface area contributed by atoms with Crippen LogP contribution in [0.4, 0.5) is 0 Å². The molecule has 15 heavy (non-hydrogen) atoms. The summed E-state index contributed by atoms with van der Waals surface area (Å²) in [5.74, 6) is -1.08. The van der Waals surface area contributed by atoms with Gasteiger partial charge >= 0.3 is 5.97 Å². The van der Waals surface area contributed by atoms with Gasteiger partial charge in [0.05, 0.1) is 0 Å². The van der Waals surface area contributed by atoms with Crippen LogP contribution in [0, 0.1) is 0 Å². The van der Waals surface area contributed by atoms with Crippen molar-refractivity contribution in [2.75, 3.05) is 19.8 Å². The lowest BCUT2D eigenvalue weighted by Crippen LogP contribution is -2.29. The quantitative estimate of drug-likeness (QED) is 0.707. The van der Waals surface area contributed by atoms with Crippen LogP contribution in [-0.2, 0) is 20.4 Å². The summed E-state index contributed by atoms with van der Waals surface area (Å²) in [7, 11) is 1.75. The zero-order valence-corrected chi connectivity index (χ0v) is 10.0. The molecule has 0 aliphatic heterocycles. The zero-order chi connectivity index (χ0) is 12.0. The predicted octanol–water partition coefficient (Wildman–Crippen LogP) is 0.0766. The van der Waals surface area contributed by atoms with Crippen LogP contribution in [0.15, 0.2) is 0 Å². The third-order valence-electron chi connectivity index (χ3n) is 1.98. The molecule has 2 atom stereocenters. The normalized spacial score (nSPS) is 14.3. The molecule has 0 bridgehead atoms. The fourth-order valence-electron chi connectivity index (χ4n) is 1.03. The molecule has 0 aliphatic rings. The van der Waals surface area contributed by atoms with Gasteiger partial charge in [0.25, 0.3) is 0 Å². The van der Waals surface area contributed by atoms with Gasteiger partial charge in [-0.25, -0.2) is 0 Å². The van der Waals surface area contributed by atoms with Gasteiger partial charge in [-0.1, -0.05) is 6.92 Å². The van der Waals surface area contributed by atoms with E-state index in [0.717, 1.165) is 0 Å². The molecule has 0 aromatic carbocycles. The van der Waals surface area contributed by atoms with E-state index in [-0.39, 0.29) is 18.1 Å². The molecule has 5 nitrogen and oxygen atoms in total. The highest BCUT2D eigenvalue weighted by atomic mass is 32.2. The minimum Gasteiger partial charge on any atom is -0.480 e. The molecule has 0 saturated carbocycles. The van der Waals surface area contributed by atoms with E-state index in [1.54, 1.807) is 21.0 Å². The van der Waals surface area contributed by atoms with Crippen molar-refractivity contribution >= 4 is 22.7 Å². The van der Waals surface area contributed by atoms with Crippen LogP contribution in [0.2, 0.25) is 0 Å². The number of rotatable bonds is 6. The number of hydrogen-bond acceptors (Lipinski definition) is 3. The maximum Gasteiger partial charge on any atom is 0.319 e. The third kappa shape index (κ3) is 4.92. The molecule has 0 aromatic rings. The Balaban J connectivity index is 4.13. The molecule has 2 unspecified atom stereocenters. The Labute approximate surface area is 91.9 Å². The fourth-order valence-corrected chi connectivity index (χ4v) is 2.28. The smallest absolute Gasteiger partial charge is 0.319 e. The summed E-state index contributed by atoms with van der Waals surface area (Å²) >= 11 is 0. The number of carbonyl (C=O) groups excluding carboxylic acids is 1. The van der Waals surface area contributed by atoms with E-state index in [1.165, 1.54) is 4.90 Å². The van der Waals surface area contributed by atoms with Gasteiger partial charge < -0.3 is 10.0 Å². The highest BCUT2D eigenvalue weighted by molar-refractivity contribution is 7.86. The fraction of sp³-hybridized carbons (Fsp3) is 0.778. The Morgan fingerprint density at radius 3 is 2.27 bits per heavy atom. The molecule has 0 aromatic heterocycles. The zero-order valence-electron chi connectivity index (χ0n) is 9.23. The van der Waals surface area contributed by atoms with Crippen LogP contribution in [0.5, 0.6) is 0 Å². The second-order valence-electron chi connectivity index (χ2n) is 3.36. The molecular formula is C9H17NO4S. The van der Waals surface area contributed by atoms with Gasteiger partial charge in [0.2, 0.25) is 5.91 Å². The average molecular weight is 235 g/mol.